The second kappa shape index (κ2) is 10.3. The Labute approximate surface area is 214 Å². The van der Waals surface area contributed by atoms with Crippen molar-refractivity contribution in [1.29, 1.82) is 0 Å². The van der Waals surface area contributed by atoms with Crippen molar-refractivity contribution in [3.05, 3.63) is 56.2 Å². The lowest BCUT2D eigenvalue weighted by atomic mass is 9.87. The van der Waals surface area contributed by atoms with Crippen molar-refractivity contribution < 1.29 is 14.4 Å². The Bertz CT molecular complexity index is 1050. The van der Waals surface area contributed by atoms with Gasteiger partial charge in [-0.05, 0) is 76.2 Å². The van der Waals surface area contributed by atoms with Gasteiger partial charge in [0.2, 0.25) is 11.8 Å². The number of carbonyl (C=O) groups is 3. The molecule has 0 saturated carbocycles. The van der Waals surface area contributed by atoms with E-state index in [0.717, 1.165) is 21.5 Å². The van der Waals surface area contributed by atoms with Gasteiger partial charge in [-0.25, -0.2) is 0 Å². The van der Waals surface area contributed by atoms with Crippen molar-refractivity contribution in [2.75, 3.05) is 0 Å². The van der Waals surface area contributed by atoms with Crippen LogP contribution in [0.15, 0.2) is 40.2 Å². The Kier molecular flexibility index (Phi) is 7.63. The van der Waals surface area contributed by atoms with Gasteiger partial charge < -0.3 is 10.2 Å². The number of thiophene rings is 1. The van der Waals surface area contributed by atoms with Crippen LogP contribution in [-0.2, 0) is 27.2 Å². The molecule has 3 atom stereocenters. The third kappa shape index (κ3) is 5.15. The predicted octanol–water partition coefficient (Wildman–Crippen LogP) is 5.32. The van der Waals surface area contributed by atoms with Gasteiger partial charge in [-0.3, -0.25) is 14.4 Å². The van der Waals surface area contributed by atoms with Crippen molar-refractivity contribution in [2.24, 2.45) is 17.8 Å². The third-order valence-electron chi connectivity index (χ3n) is 6.76. The summed E-state index contributed by atoms with van der Waals surface area (Å²) >= 11 is 4.98. The second-order valence-corrected chi connectivity index (χ2v) is 12.9. The molecule has 1 fully saturated rings. The van der Waals surface area contributed by atoms with E-state index in [0.29, 0.717) is 12.8 Å². The highest BCUT2D eigenvalue weighted by Gasteiger charge is 2.49. The summed E-state index contributed by atoms with van der Waals surface area (Å²) in [6.45, 7) is 8.10. The minimum absolute atomic E-state index is 0.00499. The number of hydrogen-bond donors (Lipinski definition) is 1. The predicted molar refractivity (Wildman–Crippen MR) is 139 cm³/mol. The number of nitrogens with one attached hydrogen (secondary N) is 1. The zero-order valence-corrected chi connectivity index (χ0v) is 22.6. The third-order valence-corrected chi connectivity index (χ3v) is 8.44. The lowest BCUT2D eigenvalue weighted by molar-refractivity contribution is -0.157. The number of amides is 2. The minimum Gasteiger partial charge on any atom is -0.342 e. The van der Waals surface area contributed by atoms with E-state index in [1.54, 1.807) is 4.90 Å². The number of Topliss-reactive ketones (excluding diaryl/α,β-unsaturated/α-hetero) is 1. The van der Waals surface area contributed by atoms with Gasteiger partial charge in [-0.2, -0.15) is 0 Å². The molecule has 0 bridgehead atoms. The first kappa shape index (κ1) is 25.1. The van der Waals surface area contributed by atoms with Crippen LogP contribution in [0.5, 0.6) is 0 Å². The fourth-order valence-corrected chi connectivity index (χ4v) is 6.86. The summed E-state index contributed by atoms with van der Waals surface area (Å²) in [4.78, 5) is 43.7. The summed E-state index contributed by atoms with van der Waals surface area (Å²) < 4.78 is 0.905. The van der Waals surface area contributed by atoms with Crippen LogP contribution in [0.2, 0.25) is 0 Å². The first-order valence-corrected chi connectivity index (χ1v) is 13.7. The highest BCUT2D eigenvalue weighted by molar-refractivity contribution is 9.11. The summed E-state index contributed by atoms with van der Waals surface area (Å²) in [5, 5.41) is 3.07. The molecule has 2 amide bonds. The van der Waals surface area contributed by atoms with Gasteiger partial charge in [0.25, 0.3) is 0 Å². The number of fused-ring (bicyclic) bond motifs is 1. The van der Waals surface area contributed by atoms with E-state index < -0.39 is 18.1 Å². The van der Waals surface area contributed by atoms with Gasteiger partial charge in [0.15, 0.2) is 5.78 Å². The van der Waals surface area contributed by atoms with E-state index in [1.165, 1.54) is 22.5 Å². The highest BCUT2D eigenvalue weighted by atomic mass is 79.9. The molecule has 1 saturated heterocycles. The number of benzene rings is 1. The standard InChI is InChI=1S/C27H33BrN2O3S/c1-15(2)11-20-26(32)29-24(19-13-17-7-5-6-8-18(17)14-19)27(33)30(20)25(21(31)12-16(3)4)22-9-10-23(28)34-22/h5-10,15-16,19-20,24-25H,11-14H2,1-4H3,(H,29,32)/t20-,24-,25+/m1/s1. The van der Waals surface area contributed by atoms with E-state index in [4.69, 9.17) is 0 Å². The summed E-state index contributed by atoms with van der Waals surface area (Å²) in [7, 11) is 0. The van der Waals surface area contributed by atoms with E-state index in [9.17, 15) is 14.4 Å². The van der Waals surface area contributed by atoms with Crippen LogP contribution < -0.4 is 5.32 Å². The molecule has 2 heterocycles. The van der Waals surface area contributed by atoms with Crippen LogP contribution in [0.25, 0.3) is 0 Å². The Morgan fingerprint density at radius 2 is 1.71 bits per heavy atom. The molecule has 2 aliphatic rings. The van der Waals surface area contributed by atoms with E-state index in [2.05, 4.69) is 33.4 Å². The van der Waals surface area contributed by atoms with E-state index in [1.807, 2.05) is 52.0 Å². The topological polar surface area (TPSA) is 66.5 Å². The number of halogens is 1. The molecule has 0 radical (unpaired) electrons. The number of ketones is 1. The van der Waals surface area contributed by atoms with Crippen molar-refractivity contribution in [1.82, 2.24) is 10.2 Å². The maximum absolute atomic E-state index is 14.2. The van der Waals surface area contributed by atoms with Gasteiger partial charge in [0, 0.05) is 11.3 Å². The molecule has 1 aliphatic heterocycles. The Balaban J connectivity index is 1.73. The Morgan fingerprint density at radius 3 is 2.24 bits per heavy atom. The van der Waals surface area contributed by atoms with Crippen molar-refractivity contribution >= 4 is 44.9 Å². The zero-order valence-electron chi connectivity index (χ0n) is 20.2. The first-order valence-electron chi connectivity index (χ1n) is 12.1. The molecule has 34 heavy (non-hydrogen) atoms. The molecular weight excluding hydrogens is 512 g/mol. The molecule has 1 N–H and O–H groups in total. The largest absolute Gasteiger partial charge is 0.342 e. The fourth-order valence-electron chi connectivity index (χ4n) is 5.31. The fraction of sp³-hybridized carbons (Fsp3) is 0.519. The van der Waals surface area contributed by atoms with Crippen LogP contribution in [-0.4, -0.2) is 34.6 Å². The van der Waals surface area contributed by atoms with Gasteiger partial charge >= 0.3 is 0 Å². The lowest BCUT2D eigenvalue weighted by Crippen LogP contribution is -2.66. The van der Waals surface area contributed by atoms with Crippen LogP contribution in [0.3, 0.4) is 0 Å². The van der Waals surface area contributed by atoms with Crippen LogP contribution in [0.1, 0.15) is 62.6 Å². The molecular formula is C27H33BrN2O3S. The number of carbonyl (C=O) groups excluding carboxylic acids is 3. The number of hydrogen-bond acceptors (Lipinski definition) is 4. The number of piperazine rings is 1. The molecule has 5 nitrogen and oxygen atoms in total. The number of nitrogens with zero attached hydrogens (tertiary/aromatic N) is 1. The van der Waals surface area contributed by atoms with Crippen LogP contribution in [0, 0.1) is 17.8 Å². The summed E-state index contributed by atoms with van der Waals surface area (Å²) in [5.41, 5.74) is 2.47. The van der Waals surface area contributed by atoms with Gasteiger partial charge in [-0.15, -0.1) is 11.3 Å². The maximum Gasteiger partial charge on any atom is 0.247 e. The Morgan fingerprint density at radius 1 is 1.06 bits per heavy atom. The zero-order chi connectivity index (χ0) is 24.6. The summed E-state index contributed by atoms with van der Waals surface area (Å²) in [6.07, 6.45) is 2.39. The molecule has 0 spiro atoms. The smallest absolute Gasteiger partial charge is 0.247 e. The maximum atomic E-state index is 14.2. The van der Waals surface area contributed by atoms with Crippen molar-refractivity contribution in [3.8, 4) is 0 Å². The normalized spacial score (nSPS) is 21.8. The van der Waals surface area contributed by atoms with Crippen molar-refractivity contribution in [2.45, 2.75) is 71.5 Å². The quantitative estimate of drug-likeness (QED) is 0.488. The molecule has 1 aromatic carbocycles. The lowest BCUT2D eigenvalue weighted by Gasteiger charge is -2.44. The molecule has 7 heteroatoms. The molecule has 2 aromatic rings. The molecule has 182 valence electrons. The first-order chi connectivity index (χ1) is 16.2. The monoisotopic (exact) mass is 544 g/mol. The van der Waals surface area contributed by atoms with Gasteiger partial charge in [-0.1, -0.05) is 52.0 Å². The van der Waals surface area contributed by atoms with Gasteiger partial charge in [0.1, 0.15) is 18.1 Å². The minimum atomic E-state index is -0.743. The van der Waals surface area contributed by atoms with Gasteiger partial charge in [0.05, 0.1) is 3.79 Å². The molecule has 1 aromatic heterocycles. The van der Waals surface area contributed by atoms with Crippen LogP contribution in [0.4, 0.5) is 0 Å². The van der Waals surface area contributed by atoms with E-state index >= 15 is 0 Å². The van der Waals surface area contributed by atoms with Crippen LogP contribution >= 0.6 is 27.3 Å². The average molecular weight is 546 g/mol. The number of rotatable bonds is 8. The second-order valence-electron chi connectivity index (χ2n) is 10.4. The summed E-state index contributed by atoms with van der Waals surface area (Å²) in [6, 6.07) is 10.0. The molecule has 4 rings (SSSR count). The van der Waals surface area contributed by atoms with Crippen molar-refractivity contribution in [3.63, 3.8) is 0 Å². The average Bonchev–Trinajstić information content (AvgIpc) is 3.38. The highest BCUT2D eigenvalue weighted by Crippen LogP contribution is 2.39. The van der Waals surface area contributed by atoms with E-state index in [-0.39, 0.29) is 35.4 Å². The summed E-state index contributed by atoms with van der Waals surface area (Å²) in [5.74, 6) is 0.0776. The molecule has 1 aliphatic carbocycles. The molecule has 0 unspecified atom stereocenters. The SMILES string of the molecule is CC(C)CC(=O)[C@@H](c1ccc(Br)s1)N1C(=O)[C@@H](C2Cc3ccccc3C2)NC(=O)[C@H]1CC(C)C. The Hall–Kier alpha value is -1.99.